The third-order valence-electron chi connectivity index (χ3n) is 4.95. The molecular weight excluding hydrogens is 424 g/mol. The zero-order valence-electron chi connectivity index (χ0n) is 17.5. The molecule has 0 N–H and O–H groups in total. The lowest BCUT2D eigenvalue weighted by Crippen LogP contribution is -2.19. The average Bonchev–Trinajstić information content (AvgIpc) is 2.80. The van der Waals surface area contributed by atoms with Crippen molar-refractivity contribution in [1.82, 2.24) is 0 Å². The summed E-state index contributed by atoms with van der Waals surface area (Å²) < 4.78 is 29.8. The van der Waals surface area contributed by atoms with Crippen molar-refractivity contribution in [2.24, 2.45) is 9.55 Å². The topological polar surface area (TPSA) is 85.2 Å². The van der Waals surface area contributed by atoms with Crippen LogP contribution in [0.4, 0.5) is 0 Å². The number of hydrogen-bond donors (Lipinski definition) is 0. The van der Waals surface area contributed by atoms with Crippen molar-refractivity contribution in [2.45, 2.75) is 18.7 Å². The van der Waals surface area contributed by atoms with Crippen LogP contribution in [0.1, 0.15) is 34.0 Å². The summed E-state index contributed by atoms with van der Waals surface area (Å²) in [5, 5.41) is 4.06. The number of nitrogens with zero attached hydrogens (tertiary/aromatic N) is 2. The van der Waals surface area contributed by atoms with Crippen molar-refractivity contribution >= 4 is 27.2 Å². The second-order valence-electron chi connectivity index (χ2n) is 7.28. The number of carbonyl (C=O) groups excluding carboxylic acids is 1. The Bertz CT molecular complexity index is 1370. The van der Waals surface area contributed by atoms with Crippen LogP contribution in [0, 0.1) is 6.92 Å². The number of oxime groups is 1. The van der Waals surface area contributed by atoms with Crippen molar-refractivity contribution in [3.8, 4) is 0 Å². The van der Waals surface area contributed by atoms with Crippen molar-refractivity contribution in [2.75, 3.05) is 0 Å². The molecule has 7 heteroatoms. The third-order valence-corrected chi connectivity index (χ3v) is 6.25. The Morgan fingerprint density at radius 2 is 1.47 bits per heavy atom. The first kappa shape index (κ1) is 21.4. The van der Waals surface area contributed by atoms with Crippen molar-refractivity contribution in [3.05, 3.63) is 113 Å². The number of carbonyl (C=O) groups is 1. The van der Waals surface area contributed by atoms with Gasteiger partial charge < -0.3 is 4.84 Å². The zero-order chi connectivity index (χ0) is 22.7. The summed E-state index contributed by atoms with van der Waals surface area (Å²) in [5.41, 5.74) is 3.19. The van der Waals surface area contributed by atoms with E-state index in [0.717, 1.165) is 11.1 Å². The predicted octanol–water partition coefficient (Wildman–Crippen LogP) is 4.69. The van der Waals surface area contributed by atoms with E-state index in [2.05, 4.69) is 9.55 Å². The largest absolute Gasteiger partial charge is 0.352 e. The zero-order valence-corrected chi connectivity index (χ0v) is 18.3. The van der Waals surface area contributed by atoms with E-state index in [0.29, 0.717) is 16.8 Å². The molecule has 0 aliphatic heterocycles. The van der Waals surface area contributed by atoms with E-state index >= 15 is 0 Å². The Hall–Kier alpha value is -3.84. The lowest BCUT2D eigenvalue weighted by molar-refractivity contribution is 0.0923. The number of allylic oxidation sites excluding steroid dienone is 2. The van der Waals surface area contributed by atoms with Crippen molar-refractivity contribution < 1.29 is 18.0 Å². The van der Waals surface area contributed by atoms with Gasteiger partial charge in [-0.25, -0.2) is 0 Å². The first-order valence-corrected chi connectivity index (χ1v) is 11.3. The summed E-state index contributed by atoms with van der Waals surface area (Å²) in [6, 6.07) is 22.5. The Morgan fingerprint density at radius 3 is 2.16 bits per heavy atom. The monoisotopic (exact) mass is 444 g/mol. The number of ketones is 1. The maximum atomic E-state index is 12.9. The van der Waals surface area contributed by atoms with Crippen LogP contribution in [0.15, 0.2) is 105 Å². The van der Waals surface area contributed by atoms with Gasteiger partial charge in [-0.2, -0.15) is 12.8 Å². The number of sulfonamides is 1. The van der Waals surface area contributed by atoms with E-state index in [1.165, 1.54) is 18.2 Å². The van der Waals surface area contributed by atoms with E-state index in [9.17, 15) is 13.2 Å². The Labute approximate surface area is 186 Å². The van der Waals surface area contributed by atoms with E-state index in [4.69, 9.17) is 4.84 Å². The third kappa shape index (κ3) is 4.43. The van der Waals surface area contributed by atoms with Gasteiger partial charge in [0.05, 0.1) is 16.3 Å². The van der Waals surface area contributed by atoms with Crippen LogP contribution in [0.3, 0.4) is 0 Å². The second-order valence-corrected chi connectivity index (χ2v) is 8.89. The van der Waals surface area contributed by atoms with E-state index < -0.39 is 15.8 Å². The van der Waals surface area contributed by atoms with Gasteiger partial charge in [-0.05, 0) is 31.5 Å². The molecule has 1 aliphatic rings. The molecule has 0 unspecified atom stereocenters. The molecule has 3 aromatic rings. The molecule has 0 bridgehead atoms. The SMILES string of the molecule is CC(=NOC1=CC(=NS(=O)(=O)c2ccc(C)cc2)c2ccccc2C1=O)c1ccccc1. The summed E-state index contributed by atoms with van der Waals surface area (Å²) in [7, 11) is -3.99. The maximum Gasteiger partial charge on any atom is 0.282 e. The molecule has 0 amide bonds. The minimum atomic E-state index is -3.99. The van der Waals surface area contributed by atoms with Gasteiger partial charge >= 0.3 is 0 Å². The lowest BCUT2D eigenvalue weighted by Gasteiger charge is -2.16. The van der Waals surface area contributed by atoms with Crippen LogP contribution in [0.5, 0.6) is 0 Å². The quantitative estimate of drug-likeness (QED) is 0.422. The Morgan fingerprint density at radius 1 is 0.844 bits per heavy atom. The predicted molar refractivity (Wildman–Crippen MR) is 123 cm³/mol. The van der Waals surface area contributed by atoms with Gasteiger partial charge in [-0.3, -0.25) is 4.79 Å². The highest BCUT2D eigenvalue weighted by Gasteiger charge is 2.27. The number of rotatable bonds is 5. The molecular formula is C25H20N2O4S. The van der Waals surface area contributed by atoms with Gasteiger partial charge in [0.25, 0.3) is 10.0 Å². The van der Waals surface area contributed by atoms with Gasteiger partial charge in [0.15, 0.2) is 0 Å². The van der Waals surface area contributed by atoms with Gasteiger partial charge in [-0.15, -0.1) is 0 Å². The molecule has 0 heterocycles. The molecule has 160 valence electrons. The molecule has 0 saturated carbocycles. The Kier molecular flexibility index (Phi) is 5.83. The minimum absolute atomic E-state index is 0.0683. The Balaban J connectivity index is 1.75. The highest BCUT2D eigenvalue weighted by atomic mass is 32.2. The molecule has 0 fully saturated rings. The van der Waals surface area contributed by atoms with Crippen LogP contribution >= 0.6 is 0 Å². The first-order valence-electron chi connectivity index (χ1n) is 9.89. The van der Waals surface area contributed by atoms with E-state index in [1.54, 1.807) is 43.3 Å². The molecule has 0 aromatic heterocycles. The van der Waals surface area contributed by atoms with E-state index in [1.807, 2.05) is 37.3 Å². The van der Waals surface area contributed by atoms with Gasteiger partial charge in [0.1, 0.15) is 0 Å². The highest BCUT2D eigenvalue weighted by Crippen LogP contribution is 2.25. The number of benzene rings is 3. The molecule has 6 nitrogen and oxygen atoms in total. The number of fused-ring (bicyclic) bond motifs is 1. The average molecular weight is 445 g/mol. The summed E-state index contributed by atoms with van der Waals surface area (Å²) in [4.78, 5) is 18.4. The molecule has 4 rings (SSSR count). The van der Waals surface area contributed by atoms with Gasteiger partial charge in [0.2, 0.25) is 11.5 Å². The molecule has 0 spiro atoms. The van der Waals surface area contributed by atoms with Crippen molar-refractivity contribution in [1.29, 1.82) is 0 Å². The minimum Gasteiger partial charge on any atom is -0.352 e. The van der Waals surface area contributed by atoms with Crippen LogP contribution in [0.25, 0.3) is 0 Å². The highest BCUT2D eigenvalue weighted by molar-refractivity contribution is 7.90. The molecule has 1 aliphatic carbocycles. The number of aryl methyl sites for hydroxylation is 1. The normalized spacial score (nSPS) is 15.3. The van der Waals surface area contributed by atoms with Crippen LogP contribution < -0.4 is 0 Å². The summed E-state index contributed by atoms with van der Waals surface area (Å²) in [6.45, 7) is 3.63. The first-order chi connectivity index (χ1) is 15.3. The fourth-order valence-corrected chi connectivity index (χ4v) is 4.19. The van der Waals surface area contributed by atoms with E-state index in [-0.39, 0.29) is 16.4 Å². The summed E-state index contributed by atoms with van der Waals surface area (Å²) in [6.07, 6.45) is 1.32. The standard InChI is InChI=1S/C25H20N2O4S/c1-17-12-14-20(15-13-17)32(29,30)27-23-16-24(25(28)22-11-7-6-10-21(22)23)31-26-18(2)19-8-4-3-5-9-19/h3-16H,1-2H3. The number of Topliss-reactive ketones (excluding diaryl/α,β-unsaturated/α-hetero) is 1. The van der Waals surface area contributed by atoms with Crippen LogP contribution in [0.2, 0.25) is 0 Å². The molecule has 0 atom stereocenters. The lowest BCUT2D eigenvalue weighted by atomic mass is 9.93. The summed E-state index contributed by atoms with van der Waals surface area (Å²) in [5.74, 6) is -0.492. The number of hydrogen-bond acceptors (Lipinski definition) is 5. The van der Waals surface area contributed by atoms with Crippen molar-refractivity contribution in [3.63, 3.8) is 0 Å². The smallest absolute Gasteiger partial charge is 0.282 e. The molecule has 0 radical (unpaired) electrons. The van der Waals surface area contributed by atoms with Gasteiger partial charge in [0, 0.05) is 17.2 Å². The summed E-state index contributed by atoms with van der Waals surface area (Å²) >= 11 is 0. The van der Waals surface area contributed by atoms with Crippen LogP contribution in [-0.2, 0) is 14.9 Å². The fourth-order valence-electron chi connectivity index (χ4n) is 3.19. The fraction of sp³-hybridized carbons (Fsp3) is 0.0800. The maximum absolute atomic E-state index is 12.9. The second kappa shape index (κ2) is 8.72. The van der Waals surface area contributed by atoms with Gasteiger partial charge in [-0.1, -0.05) is 77.4 Å². The van der Waals surface area contributed by atoms with Crippen LogP contribution in [-0.4, -0.2) is 25.6 Å². The molecule has 3 aromatic carbocycles. The molecule has 0 saturated heterocycles. The molecule has 32 heavy (non-hydrogen) atoms.